The monoisotopic (exact) mass is 275 g/mol. The highest BCUT2D eigenvalue weighted by molar-refractivity contribution is 5.18. The van der Waals surface area contributed by atoms with Gasteiger partial charge in [-0.2, -0.15) is 10.4 Å². The summed E-state index contributed by atoms with van der Waals surface area (Å²) in [6, 6.07) is 2.44. The van der Waals surface area contributed by atoms with Crippen molar-refractivity contribution in [3.8, 4) is 6.07 Å². The smallest absolute Gasteiger partial charge is 0.101 e. The number of rotatable bonds is 4. The summed E-state index contributed by atoms with van der Waals surface area (Å²) in [6.07, 6.45) is 11.2. The molecule has 0 bridgehead atoms. The number of nitriles is 1. The molecule has 0 radical (unpaired) electrons. The van der Waals surface area contributed by atoms with Crippen molar-refractivity contribution in [2.75, 3.05) is 0 Å². The summed E-state index contributed by atoms with van der Waals surface area (Å²) < 4.78 is 1.85. The van der Waals surface area contributed by atoms with Crippen molar-refractivity contribution >= 4 is 0 Å². The lowest BCUT2D eigenvalue weighted by Gasteiger charge is -2.32. The predicted molar refractivity (Wildman–Crippen MR) is 77.8 cm³/mol. The Morgan fingerprint density at radius 2 is 2.00 bits per heavy atom. The van der Waals surface area contributed by atoms with Crippen LogP contribution in [-0.4, -0.2) is 14.9 Å². The Hall–Kier alpha value is -1.34. The van der Waals surface area contributed by atoms with Gasteiger partial charge in [0.25, 0.3) is 0 Å². The third-order valence-corrected chi connectivity index (χ3v) is 4.41. The molecule has 110 valence electrons. The first-order valence-corrected chi connectivity index (χ1v) is 7.83. The Morgan fingerprint density at radius 1 is 1.35 bits per heavy atom. The molecule has 1 atom stereocenters. The summed E-state index contributed by atoms with van der Waals surface area (Å²) in [4.78, 5) is 0. The van der Waals surface area contributed by atoms with Crippen LogP contribution in [0, 0.1) is 16.7 Å². The van der Waals surface area contributed by atoms with Crippen molar-refractivity contribution < 1.29 is 5.11 Å². The van der Waals surface area contributed by atoms with E-state index in [1.807, 2.05) is 10.9 Å². The lowest BCUT2D eigenvalue weighted by Crippen LogP contribution is -2.28. The van der Waals surface area contributed by atoms with Gasteiger partial charge >= 0.3 is 0 Å². The first-order valence-electron chi connectivity index (χ1n) is 7.83. The molecular weight excluding hydrogens is 250 g/mol. The molecule has 4 nitrogen and oxygen atoms in total. The molecule has 20 heavy (non-hydrogen) atoms. The lowest BCUT2D eigenvalue weighted by molar-refractivity contribution is 0.0434. The Morgan fingerprint density at radius 3 is 2.60 bits per heavy atom. The van der Waals surface area contributed by atoms with Crippen LogP contribution >= 0.6 is 0 Å². The number of aliphatic hydroxyl groups excluding tert-OH is 1. The minimum absolute atomic E-state index is 0.625. The molecule has 0 saturated heterocycles. The zero-order chi connectivity index (χ0) is 14.4. The van der Waals surface area contributed by atoms with E-state index in [9.17, 15) is 10.4 Å². The molecule has 1 aliphatic carbocycles. The highest BCUT2D eigenvalue weighted by atomic mass is 16.3. The van der Waals surface area contributed by atoms with E-state index in [-0.39, 0.29) is 0 Å². The van der Waals surface area contributed by atoms with Gasteiger partial charge in [0.05, 0.1) is 17.7 Å². The van der Waals surface area contributed by atoms with Crippen LogP contribution in [0.15, 0.2) is 12.4 Å². The molecule has 0 spiro atoms. The van der Waals surface area contributed by atoms with E-state index in [1.54, 1.807) is 6.20 Å². The first kappa shape index (κ1) is 15.1. The lowest BCUT2D eigenvalue weighted by atomic mass is 9.72. The second-order valence-corrected chi connectivity index (χ2v) is 5.97. The third-order valence-electron chi connectivity index (χ3n) is 4.41. The van der Waals surface area contributed by atoms with Crippen molar-refractivity contribution in [2.45, 2.75) is 70.9 Å². The van der Waals surface area contributed by atoms with Gasteiger partial charge in [0.15, 0.2) is 0 Å². The zero-order valence-corrected chi connectivity index (χ0v) is 12.4. The fourth-order valence-electron chi connectivity index (χ4n) is 3.17. The van der Waals surface area contributed by atoms with E-state index >= 15 is 0 Å². The van der Waals surface area contributed by atoms with Gasteiger partial charge in [-0.25, -0.2) is 0 Å². The minimum Gasteiger partial charge on any atom is -0.387 e. The van der Waals surface area contributed by atoms with Gasteiger partial charge < -0.3 is 5.11 Å². The molecule has 2 rings (SSSR count). The summed E-state index contributed by atoms with van der Waals surface area (Å²) in [7, 11) is 0. The van der Waals surface area contributed by atoms with Gasteiger partial charge in [0, 0.05) is 18.3 Å². The molecule has 1 aromatic rings. The number of hydrogen-bond acceptors (Lipinski definition) is 3. The van der Waals surface area contributed by atoms with Gasteiger partial charge in [-0.15, -0.1) is 0 Å². The van der Waals surface area contributed by atoms with Crippen molar-refractivity contribution in [2.24, 2.45) is 5.41 Å². The molecular formula is C16H25N3O. The average Bonchev–Trinajstić information content (AvgIpc) is 2.88. The zero-order valence-electron chi connectivity index (χ0n) is 12.4. The Kier molecular flexibility index (Phi) is 5.19. The molecule has 0 amide bonds. The normalized spacial score (nSPS) is 20.6. The molecule has 1 aliphatic rings. The van der Waals surface area contributed by atoms with E-state index in [0.29, 0.717) is 0 Å². The fourth-order valence-corrected chi connectivity index (χ4v) is 3.17. The number of aliphatic hydroxyl groups is 1. The highest BCUT2D eigenvalue weighted by Gasteiger charge is 2.39. The van der Waals surface area contributed by atoms with Crippen molar-refractivity contribution in [1.29, 1.82) is 5.26 Å². The minimum atomic E-state index is -0.712. The van der Waals surface area contributed by atoms with Crippen LogP contribution in [0.4, 0.5) is 0 Å². The van der Waals surface area contributed by atoms with Gasteiger partial charge in [0.1, 0.15) is 6.10 Å². The van der Waals surface area contributed by atoms with Crippen molar-refractivity contribution in [3.63, 3.8) is 0 Å². The Labute approximate surface area is 121 Å². The Bertz CT molecular complexity index is 453. The number of hydrogen-bond donors (Lipinski definition) is 1. The highest BCUT2D eigenvalue weighted by Crippen LogP contribution is 2.43. The van der Waals surface area contributed by atoms with Gasteiger partial charge in [-0.1, -0.05) is 39.0 Å². The summed E-state index contributed by atoms with van der Waals surface area (Å²) in [6.45, 7) is 2.95. The summed E-state index contributed by atoms with van der Waals surface area (Å²) >= 11 is 0. The standard InChI is InChI=1S/C16H25N3O/c1-2-10-19-12-14(11-18-19)15(20)16(13-17)8-6-4-3-5-7-9-16/h11-12,15,20H,2-10H2,1H3. The van der Waals surface area contributed by atoms with Crippen LogP contribution in [0.5, 0.6) is 0 Å². The first-order chi connectivity index (χ1) is 9.72. The third kappa shape index (κ3) is 3.21. The van der Waals surface area contributed by atoms with Crippen LogP contribution in [0.1, 0.15) is 70.0 Å². The van der Waals surface area contributed by atoms with E-state index in [2.05, 4.69) is 18.1 Å². The van der Waals surface area contributed by atoms with E-state index in [0.717, 1.165) is 44.2 Å². The molecule has 1 saturated carbocycles. The number of aromatic nitrogens is 2. The van der Waals surface area contributed by atoms with Crippen LogP contribution in [0.25, 0.3) is 0 Å². The molecule has 0 aliphatic heterocycles. The van der Waals surface area contributed by atoms with Gasteiger partial charge in [-0.05, 0) is 19.3 Å². The molecule has 1 unspecified atom stereocenters. The molecule has 1 aromatic heterocycles. The topological polar surface area (TPSA) is 61.8 Å². The number of aryl methyl sites for hydroxylation is 1. The van der Waals surface area contributed by atoms with E-state index < -0.39 is 11.5 Å². The van der Waals surface area contributed by atoms with Gasteiger partial charge in [0.2, 0.25) is 0 Å². The van der Waals surface area contributed by atoms with Crippen LogP contribution in [0.2, 0.25) is 0 Å². The summed E-state index contributed by atoms with van der Waals surface area (Å²) in [5, 5.41) is 24.7. The van der Waals surface area contributed by atoms with Crippen molar-refractivity contribution in [3.05, 3.63) is 18.0 Å². The second-order valence-electron chi connectivity index (χ2n) is 5.97. The average molecular weight is 275 g/mol. The molecule has 0 aromatic carbocycles. The fraction of sp³-hybridized carbons (Fsp3) is 0.750. The second kappa shape index (κ2) is 6.90. The summed E-state index contributed by atoms with van der Waals surface area (Å²) in [5.74, 6) is 0. The molecule has 1 fully saturated rings. The van der Waals surface area contributed by atoms with Crippen LogP contribution in [0.3, 0.4) is 0 Å². The largest absolute Gasteiger partial charge is 0.387 e. The SMILES string of the molecule is CCCn1cc(C(O)C2(C#N)CCCCCCC2)cn1. The van der Waals surface area contributed by atoms with Crippen LogP contribution < -0.4 is 0 Å². The molecule has 4 heteroatoms. The maximum absolute atomic E-state index is 10.7. The maximum atomic E-state index is 10.7. The maximum Gasteiger partial charge on any atom is 0.101 e. The summed E-state index contributed by atoms with van der Waals surface area (Å²) in [5.41, 5.74) is 0.168. The van der Waals surface area contributed by atoms with E-state index in [1.165, 1.54) is 19.3 Å². The quantitative estimate of drug-likeness (QED) is 0.913. The molecule has 1 N–H and O–H groups in total. The predicted octanol–water partition coefficient (Wildman–Crippen LogP) is 3.58. The number of nitrogens with zero attached hydrogens (tertiary/aromatic N) is 3. The van der Waals surface area contributed by atoms with E-state index in [4.69, 9.17) is 0 Å². The van der Waals surface area contributed by atoms with Gasteiger partial charge in [-0.3, -0.25) is 4.68 Å². The van der Waals surface area contributed by atoms with Crippen LogP contribution in [-0.2, 0) is 6.54 Å². The Balaban J connectivity index is 2.17. The molecule has 1 heterocycles. The van der Waals surface area contributed by atoms with Crippen molar-refractivity contribution in [1.82, 2.24) is 9.78 Å².